The number of halogens is 3. The topological polar surface area (TPSA) is 37.4 Å². The van der Waals surface area contributed by atoms with Crippen LogP contribution in [0.15, 0.2) is 40.9 Å². The number of nitrogens with zero attached hydrogens (tertiary/aromatic N) is 1. The highest BCUT2D eigenvalue weighted by Gasteiger charge is 2.36. The van der Waals surface area contributed by atoms with Gasteiger partial charge in [0.15, 0.2) is 11.6 Å². The summed E-state index contributed by atoms with van der Waals surface area (Å²) in [5, 5.41) is 0. The predicted molar refractivity (Wildman–Crippen MR) is 76.0 cm³/mol. The Morgan fingerprint density at radius 3 is 2.62 bits per heavy atom. The number of amides is 1. The van der Waals surface area contributed by atoms with Crippen molar-refractivity contribution in [1.82, 2.24) is 0 Å². The maximum absolute atomic E-state index is 13.7. The van der Waals surface area contributed by atoms with Gasteiger partial charge in [0.2, 0.25) is 0 Å². The highest BCUT2D eigenvalue weighted by molar-refractivity contribution is 9.10. The van der Waals surface area contributed by atoms with Crippen molar-refractivity contribution in [2.45, 2.75) is 6.54 Å². The molecule has 0 fully saturated rings. The Hall–Kier alpha value is -2.08. The van der Waals surface area contributed by atoms with Crippen molar-refractivity contribution >= 4 is 33.3 Å². The van der Waals surface area contributed by atoms with E-state index in [9.17, 15) is 18.4 Å². The van der Waals surface area contributed by atoms with Crippen LogP contribution >= 0.6 is 15.9 Å². The molecule has 3 nitrogen and oxygen atoms in total. The molecule has 1 aliphatic rings. The average Bonchev–Trinajstić information content (AvgIpc) is 2.69. The quantitative estimate of drug-likeness (QED) is 0.777. The second kappa shape index (κ2) is 5.04. The highest BCUT2D eigenvalue weighted by Crippen LogP contribution is 2.32. The lowest BCUT2D eigenvalue weighted by Crippen LogP contribution is -2.29. The van der Waals surface area contributed by atoms with Crippen LogP contribution in [-0.2, 0) is 11.3 Å². The lowest BCUT2D eigenvalue weighted by Gasteiger charge is -2.17. The summed E-state index contributed by atoms with van der Waals surface area (Å²) in [6.45, 7) is -0.192. The number of rotatable bonds is 2. The molecule has 1 aliphatic heterocycles. The first-order valence-electron chi connectivity index (χ1n) is 6.07. The molecule has 0 atom stereocenters. The SMILES string of the molecule is O=C1C(=O)N(Cc2cccc(F)c2F)c2ccc(Br)cc21. The Labute approximate surface area is 127 Å². The minimum absolute atomic E-state index is 0.0203. The van der Waals surface area contributed by atoms with Gasteiger partial charge in [0, 0.05) is 10.0 Å². The van der Waals surface area contributed by atoms with Crippen LogP contribution < -0.4 is 4.90 Å². The number of benzene rings is 2. The van der Waals surface area contributed by atoms with Gasteiger partial charge in [0.05, 0.1) is 17.8 Å². The van der Waals surface area contributed by atoms with Gasteiger partial charge in [0.25, 0.3) is 11.7 Å². The molecule has 0 radical (unpaired) electrons. The van der Waals surface area contributed by atoms with Crippen molar-refractivity contribution in [3.8, 4) is 0 Å². The molecule has 0 N–H and O–H groups in total. The van der Waals surface area contributed by atoms with Crippen LogP contribution in [-0.4, -0.2) is 11.7 Å². The zero-order valence-corrected chi connectivity index (χ0v) is 12.2. The first kappa shape index (κ1) is 13.9. The number of fused-ring (bicyclic) bond motifs is 1. The van der Waals surface area contributed by atoms with Gasteiger partial charge in [-0.15, -0.1) is 0 Å². The van der Waals surface area contributed by atoms with E-state index in [2.05, 4.69) is 15.9 Å². The molecule has 0 saturated carbocycles. The molecular weight excluding hydrogens is 344 g/mol. The summed E-state index contributed by atoms with van der Waals surface area (Å²) in [6.07, 6.45) is 0. The van der Waals surface area contributed by atoms with E-state index in [1.54, 1.807) is 12.1 Å². The Morgan fingerprint density at radius 2 is 1.86 bits per heavy atom. The molecule has 1 amide bonds. The Kier molecular flexibility index (Phi) is 3.33. The molecule has 0 aromatic heterocycles. The van der Waals surface area contributed by atoms with E-state index >= 15 is 0 Å². The summed E-state index contributed by atoms with van der Waals surface area (Å²) in [7, 11) is 0. The molecule has 6 heteroatoms. The van der Waals surface area contributed by atoms with E-state index in [-0.39, 0.29) is 17.7 Å². The van der Waals surface area contributed by atoms with Crippen molar-refractivity contribution in [1.29, 1.82) is 0 Å². The number of carbonyl (C=O) groups excluding carboxylic acids is 2. The molecule has 2 aromatic carbocycles. The van der Waals surface area contributed by atoms with Gasteiger partial charge in [-0.25, -0.2) is 8.78 Å². The van der Waals surface area contributed by atoms with Gasteiger partial charge in [0.1, 0.15) is 0 Å². The number of Topliss-reactive ketones (excluding diaryl/α,β-unsaturated/α-hetero) is 1. The summed E-state index contributed by atoms with van der Waals surface area (Å²) < 4.78 is 27.6. The molecule has 3 rings (SSSR count). The third kappa shape index (κ3) is 2.25. The average molecular weight is 352 g/mol. The van der Waals surface area contributed by atoms with E-state index in [1.165, 1.54) is 18.2 Å². The number of anilines is 1. The monoisotopic (exact) mass is 351 g/mol. The summed E-state index contributed by atoms with van der Waals surface area (Å²) in [4.78, 5) is 25.1. The maximum atomic E-state index is 13.7. The third-order valence-corrected chi connectivity index (χ3v) is 3.79. The summed E-state index contributed by atoms with van der Waals surface area (Å²) in [5.74, 6) is -3.39. The van der Waals surface area contributed by atoms with E-state index in [1.807, 2.05) is 0 Å². The van der Waals surface area contributed by atoms with Crippen LogP contribution in [0.5, 0.6) is 0 Å². The largest absolute Gasteiger partial charge is 0.300 e. The molecule has 2 aromatic rings. The highest BCUT2D eigenvalue weighted by atomic mass is 79.9. The van der Waals surface area contributed by atoms with Crippen molar-refractivity contribution < 1.29 is 18.4 Å². The molecule has 0 saturated heterocycles. The predicted octanol–water partition coefficient (Wildman–Crippen LogP) is 3.46. The number of carbonyl (C=O) groups is 2. The van der Waals surface area contributed by atoms with E-state index in [4.69, 9.17) is 0 Å². The van der Waals surface area contributed by atoms with E-state index in [0.29, 0.717) is 10.2 Å². The van der Waals surface area contributed by atoms with Crippen LogP contribution in [0.1, 0.15) is 15.9 Å². The fraction of sp³-hybridized carbons (Fsp3) is 0.0667. The van der Waals surface area contributed by atoms with Gasteiger partial charge >= 0.3 is 0 Å². The Balaban J connectivity index is 2.03. The third-order valence-electron chi connectivity index (χ3n) is 3.29. The standard InChI is InChI=1S/C15H8BrF2NO2/c16-9-4-5-12-10(6-9)14(20)15(21)19(12)7-8-2-1-3-11(17)13(8)18/h1-6H,7H2. The second-order valence-electron chi connectivity index (χ2n) is 4.59. The molecule has 0 aliphatic carbocycles. The second-order valence-corrected chi connectivity index (χ2v) is 5.51. The van der Waals surface area contributed by atoms with E-state index in [0.717, 1.165) is 11.0 Å². The first-order chi connectivity index (χ1) is 9.99. The van der Waals surface area contributed by atoms with Gasteiger partial charge in [-0.1, -0.05) is 28.1 Å². The van der Waals surface area contributed by atoms with E-state index < -0.39 is 23.3 Å². The zero-order chi connectivity index (χ0) is 15.1. The van der Waals surface area contributed by atoms with Crippen LogP contribution in [0.2, 0.25) is 0 Å². The van der Waals surface area contributed by atoms with Gasteiger partial charge in [-0.3, -0.25) is 9.59 Å². The molecule has 21 heavy (non-hydrogen) atoms. The Bertz CT molecular complexity index is 776. The number of hydrogen-bond acceptors (Lipinski definition) is 2. The van der Waals surface area contributed by atoms with Crippen molar-refractivity contribution in [3.63, 3.8) is 0 Å². The lowest BCUT2D eigenvalue weighted by molar-refractivity contribution is -0.114. The number of ketones is 1. The molecule has 0 unspecified atom stereocenters. The molecular formula is C15H8BrF2NO2. The summed E-state index contributed by atoms with van der Waals surface area (Å²) in [6, 6.07) is 8.56. The first-order valence-corrected chi connectivity index (χ1v) is 6.87. The summed E-state index contributed by atoms with van der Waals surface area (Å²) >= 11 is 3.23. The minimum Gasteiger partial charge on any atom is -0.300 e. The van der Waals surface area contributed by atoms with Gasteiger partial charge < -0.3 is 4.90 Å². The van der Waals surface area contributed by atoms with Crippen LogP contribution in [0.4, 0.5) is 14.5 Å². The van der Waals surface area contributed by atoms with Crippen molar-refractivity contribution in [2.24, 2.45) is 0 Å². The van der Waals surface area contributed by atoms with Gasteiger partial charge in [-0.2, -0.15) is 0 Å². The Morgan fingerprint density at radius 1 is 1.10 bits per heavy atom. The van der Waals surface area contributed by atoms with Crippen molar-refractivity contribution in [2.75, 3.05) is 4.90 Å². The maximum Gasteiger partial charge on any atom is 0.299 e. The zero-order valence-electron chi connectivity index (χ0n) is 10.6. The van der Waals surface area contributed by atoms with Crippen molar-refractivity contribution in [3.05, 3.63) is 63.6 Å². The summed E-state index contributed by atoms with van der Waals surface area (Å²) in [5.41, 5.74) is 0.676. The molecule has 0 bridgehead atoms. The van der Waals surface area contributed by atoms with Crippen LogP contribution in [0.3, 0.4) is 0 Å². The van der Waals surface area contributed by atoms with Crippen LogP contribution in [0, 0.1) is 11.6 Å². The lowest BCUT2D eigenvalue weighted by atomic mass is 10.1. The molecule has 1 heterocycles. The molecule has 106 valence electrons. The minimum atomic E-state index is -1.01. The smallest absolute Gasteiger partial charge is 0.299 e. The molecule has 0 spiro atoms. The fourth-order valence-corrected chi connectivity index (χ4v) is 2.63. The number of hydrogen-bond donors (Lipinski definition) is 0. The van der Waals surface area contributed by atoms with Crippen LogP contribution in [0.25, 0.3) is 0 Å². The van der Waals surface area contributed by atoms with Gasteiger partial charge in [-0.05, 0) is 24.3 Å². The fourth-order valence-electron chi connectivity index (χ4n) is 2.27. The normalized spacial score (nSPS) is 13.8.